The van der Waals surface area contributed by atoms with E-state index < -0.39 is 0 Å². The zero-order chi connectivity index (χ0) is 30.8. The summed E-state index contributed by atoms with van der Waals surface area (Å²) in [6, 6.07) is 31.4. The van der Waals surface area contributed by atoms with Gasteiger partial charge in [0.15, 0.2) is 0 Å². The molecule has 0 atom stereocenters. The van der Waals surface area contributed by atoms with Gasteiger partial charge in [0.2, 0.25) is 0 Å². The molecule has 0 fully saturated rings. The maximum absolute atomic E-state index is 11.9. The summed E-state index contributed by atoms with van der Waals surface area (Å²) in [4.78, 5) is 0. The number of hydrogen-bond acceptors (Lipinski definition) is 6. The fourth-order valence-electron chi connectivity index (χ4n) is 5.77. The van der Waals surface area contributed by atoms with E-state index in [9.17, 15) is 30.6 Å². The van der Waals surface area contributed by atoms with Crippen molar-refractivity contribution in [3.63, 3.8) is 0 Å². The number of hydrogen-bond donors (Lipinski definition) is 6. The fourth-order valence-corrected chi connectivity index (χ4v) is 5.77. The zero-order valence-electron chi connectivity index (χ0n) is 23.9. The summed E-state index contributed by atoms with van der Waals surface area (Å²) >= 11 is 0. The third kappa shape index (κ3) is 6.10. The van der Waals surface area contributed by atoms with Gasteiger partial charge < -0.3 is 30.6 Å². The molecule has 6 aromatic rings. The average molecular weight is 585 g/mol. The van der Waals surface area contributed by atoms with E-state index in [1.807, 2.05) is 60.7 Å². The highest BCUT2D eigenvalue weighted by Gasteiger charge is 2.22. The van der Waals surface area contributed by atoms with Crippen molar-refractivity contribution >= 4 is 10.8 Å². The first kappa shape index (κ1) is 28.5. The summed E-state index contributed by atoms with van der Waals surface area (Å²) in [6.45, 7) is 0. The fraction of sp³-hybridized carbons (Fsp3) is 0.105. The van der Waals surface area contributed by atoms with Crippen LogP contribution in [0.1, 0.15) is 44.5 Å². The molecule has 6 rings (SSSR count). The molecular weight excluding hydrogens is 552 g/mol. The van der Waals surface area contributed by atoms with Crippen LogP contribution in [0.25, 0.3) is 10.8 Å². The molecule has 6 aromatic carbocycles. The molecule has 0 unspecified atom stereocenters. The van der Waals surface area contributed by atoms with Crippen molar-refractivity contribution in [1.29, 1.82) is 0 Å². The smallest absolute Gasteiger partial charge is 0.127 e. The zero-order valence-corrected chi connectivity index (χ0v) is 23.9. The largest absolute Gasteiger partial charge is 0.508 e. The lowest BCUT2D eigenvalue weighted by Crippen LogP contribution is -2.02. The van der Waals surface area contributed by atoms with Gasteiger partial charge in [-0.15, -0.1) is 0 Å². The van der Waals surface area contributed by atoms with Crippen LogP contribution >= 0.6 is 0 Å². The normalized spacial score (nSPS) is 11.2. The van der Waals surface area contributed by atoms with E-state index >= 15 is 0 Å². The summed E-state index contributed by atoms with van der Waals surface area (Å²) in [6.07, 6.45) is 1.68. The Morgan fingerprint density at radius 2 is 0.523 bits per heavy atom. The van der Waals surface area contributed by atoms with Crippen molar-refractivity contribution in [1.82, 2.24) is 0 Å². The van der Waals surface area contributed by atoms with E-state index in [1.54, 1.807) is 48.5 Å². The van der Waals surface area contributed by atoms with Crippen LogP contribution in [0.5, 0.6) is 34.5 Å². The van der Waals surface area contributed by atoms with E-state index in [2.05, 4.69) is 0 Å². The standard InChI is InChI=1S/C38H32O6/c39-31-9-1-23(2-10-31)17-27-21-29(19-25-5-13-33(41)14-6-25)38(44)36-28(18-24-3-11-32(40)12-4-24)22-30(37(43)35(27)36)20-26-7-15-34(42)16-8-26/h1-16,21-22,39-44H,17-20H2. The van der Waals surface area contributed by atoms with E-state index in [1.165, 1.54) is 0 Å². The molecule has 0 aliphatic heterocycles. The van der Waals surface area contributed by atoms with Crippen LogP contribution < -0.4 is 0 Å². The summed E-state index contributed by atoms with van der Waals surface area (Å²) in [5.41, 5.74) is 6.64. The first-order valence-corrected chi connectivity index (χ1v) is 14.4. The van der Waals surface area contributed by atoms with E-state index in [0.29, 0.717) is 47.6 Å². The van der Waals surface area contributed by atoms with Crippen molar-refractivity contribution in [2.45, 2.75) is 25.7 Å². The predicted molar refractivity (Wildman–Crippen MR) is 171 cm³/mol. The Morgan fingerprint density at radius 3 is 0.773 bits per heavy atom. The van der Waals surface area contributed by atoms with Crippen LogP contribution in [0.4, 0.5) is 0 Å². The number of phenolic OH excluding ortho intramolecular Hbond substituents is 6. The van der Waals surface area contributed by atoms with Crippen molar-refractivity contribution in [2.75, 3.05) is 0 Å². The lowest BCUT2D eigenvalue weighted by atomic mass is 9.86. The summed E-state index contributed by atoms with van der Waals surface area (Å²) in [7, 11) is 0. The van der Waals surface area contributed by atoms with Gasteiger partial charge in [0, 0.05) is 23.6 Å². The number of benzene rings is 6. The SMILES string of the molecule is Oc1ccc(Cc2cc(Cc3ccc(O)cc3)c3c(O)c(Cc4ccc(O)cc4)cc(Cc4ccc(O)cc4)c3c2O)cc1. The highest BCUT2D eigenvalue weighted by molar-refractivity contribution is 6.00. The molecule has 0 saturated carbocycles. The van der Waals surface area contributed by atoms with Crippen molar-refractivity contribution in [3.8, 4) is 34.5 Å². The second-order valence-electron chi connectivity index (χ2n) is 11.2. The monoisotopic (exact) mass is 584 g/mol. The molecule has 0 saturated heterocycles. The van der Waals surface area contributed by atoms with Gasteiger partial charge in [-0.25, -0.2) is 0 Å². The molecule has 6 N–H and O–H groups in total. The molecule has 0 amide bonds. The van der Waals surface area contributed by atoms with Gasteiger partial charge in [-0.2, -0.15) is 0 Å². The summed E-state index contributed by atoms with van der Waals surface area (Å²) in [5, 5.41) is 64.2. The van der Waals surface area contributed by atoms with Crippen LogP contribution in [0, 0.1) is 0 Å². The molecular formula is C38H32O6. The minimum absolute atomic E-state index is 0.0720. The van der Waals surface area contributed by atoms with Gasteiger partial charge >= 0.3 is 0 Å². The Balaban J connectivity index is 1.58. The van der Waals surface area contributed by atoms with Gasteiger partial charge in [-0.1, -0.05) is 60.7 Å². The number of rotatable bonds is 8. The summed E-state index contributed by atoms with van der Waals surface area (Å²) in [5.74, 6) is 0.782. The molecule has 0 aromatic heterocycles. The van der Waals surface area contributed by atoms with Gasteiger partial charge in [-0.05, 0) is 106 Å². The Kier molecular flexibility index (Phi) is 7.73. The second kappa shape index (κ2) is 11.9. The highest BCUT2D eigenvalue weighted by atomic mass is 16.3. The van der Waals surface area contributed by atoms with Crippen molar-refractivity contribution < 1.29 is 30.6 Å². The molecule has 44 heavy (non-hydrogen) atoms. The van der Waals surface area contributed by atoms with Crippen LogP contribution in [0.2, 0.25) is 0 Å². The lowest BCUT2D eigenvalue weighted by molar-refractivity contribution is 0.468. The van der Waals surface area contributed by atoms with E-state index in [-0.39, 0.29) is 34.5 Å². The van der Waals surface area contributed by atoms with Crippen molar-refractivity contribution in [2.24, 2.45) is 0 Å². The maximum Gasteiger partial charge on any atom is 0.127 e. The molecule has 0 aliphatic rings. The van der Waals surface area contributed by atoms with Gasteiger partial charge in [0.05, 0.1) is 0 Å². The topological polar surface area (TPSA) is 121 Å². The molecule has 6 nitrogen and oxygen atoms in total. The van der Waals surface area contributed by atoms with E-state index in [4.69, 9.17) is 0 Å². The van der Waals surface area contributed by atoms with Crippen LogP contribution in [-0.4, -0.2) is 30.6 Å². The minimum atomic E-state index is 0.0720. The molecule has 220 valence electrons. The average Bonchev–Trinajstić information content (AvgIpc) is 3.01. The molecule has 0 bridgehead atoms. The van der Waals surface area contributed by atoms with Crippen LogP contribution in [0.3, 0.4) is 0 Å². The molecule has 0 heterocycles. The predicted octanol–water partition coefficient (Wildman–Crippen LogP) is 7.44. The molecule has 0 aliphatic carbocycles. The Labute approximate surface area is 255 Å². The van der Waals surface area contributed by atoms with Gasteiger partial charge in [0.1, 0.15) is 34.5 Å². The molecule has 0 radical (unpaired) electrons. The Morgan fingerprint density at radius 1 is 0.295 bits per heavy atom. The summed E-state index contributed by atoms with van der Waals surface area (Å²) < 4.78 is 0. The van der Waals surface area contributed by atoms with Gasteiger partial charge in [-0.3, -0.25) is 0 Å². The minimum Gasteiger partial charge on any atom is -0.508 e. The highest BCUT2D eigenvalue weighted by Crippen LogP contribution is 2.44. The third-order valence-electron chi connectivity index (χ3n) is 7.99. The van der Waals surface area contributed by atoms with E-state index in [0.717, 1.165) is 33.4 Å². The van der Waals surface area contributed by atoms with Crippen LogP contribution in [-0.2, 0) is 25.7 Å². The first-order valence-electron chi connectivity index (χ1n) is 14.4. The van der Waals surface area contributed by atoms with Crippen LogP contribution in [0.15, 0.2) is 109 Å². The molecule has 6 heteroatoms. The number of phenols is 6. The van der Waals surface area contributed by atoms with Gasteiger partial charge in [0.25, 0.3) is 0 Å². The Hall–Kier alpha value is -5.62. The number of fused-ring (bicyclic) bond motifs is 1. The maximum atomic E-state index is 11.9. The Bertz CT molecular complexity index is 1780. The first-order chi connectivity index (χ1) is 21.2. The number of aromatic hydroxyl groups is 6. The second-order valence-corrected chi connectivity index (χ2v) is 11.2. The quantitative estimate of drug-likeness (QED) is 0.111. The molecule has 0 spiro atoms. The lowest BCUT2D eigenvalue weighted by Gasteiger charge is -2.20. The van der Waals surface area contributed by atoms with Crippen molar-refractivity contribution in [3.05, 3.63) is 154 Å². The third-order valence-corrected chi connectivity index (χ3v) is 7.99.